The third kappa shape index (κ3) is 2.52. The molecule has 1 aromatic rings. The predicted molar refractivity (Wildman–Crippen MR) is 83.6 cm³/mol. The standard InChI is InChI=1S/C13H19IN4O/c1-2-18(12-11(14)13(19)16-7-15-12)10-5-8-3-4-9(6-10)17-8/h7-10,17H,2-6H2,1H3,(H,15,16,19). The molecular weight excluding hydrogens is 355 g/mol. The Labute approximate surface area is 126 Å². The second-order valence-corrected chi connectivity index (χ2v) is 6.50. The van der Waals surface area contributed by atoms with Gasteiger partial charge in [-0.15, -0.1) is 0 Å². The van der Waals surface area contributed by atoms with Crippen molar-refractivity contribution in [2.24, 2.45) is 0 Å². The number of piperidine rings is 1. The molecule has 0 amide bonds. The molecular formula is C13H19IN4O. The van der Waals surface area contributed by atoms with Crippen molar-refractivity contribution in [1.82, 2.24) is 15.3 Å². The Morgan fingerprint density at radius 1 is 1.42 bits per heavy atom. The van der Waals surface area contributed by atoms with Crippen molar-refractivity contribution >= 4 is 28.4 Å². The number of nitrogens with zero attached hydrogens (tertiary/aromatic N) is 2. The van der Waals surface area contributed by atoms with Crippen LogP contribution in [0.15, 0.2) is 11.1 Å². The van der Waals surface area contributed by atoms with Crippen LogP contribution in [0.3, 0.4) is 0 Å². The maximum absolute atomic E-state index is 11.7. The fourth-order valence-electron chi connectivity index (χ4n) is 3.44. The minimum Gasteiger partial charge on any atom is -0.353 e. The summed E-state index contributed by atoms with van der Waals surface area (Å²) in [5.74, 6) is 0.846. The van der Waals surface area contributed by atoms with Crippen LogP contribution < -0.4 is 15.8 Å². The smallest absolute Gasteiger partial charge is 0.266 e. The first-order valence-corrected chi connectivity index (χ1v) is 8.02. The van der Waals surface area contributed by atoms with E-state index < -0.39 is 0 Å². The summed E-state index contributed by atoms with van der Waals surface area (Å²) in [6.07, 6.45) is 6.42. The third-order valence-electron chi connectivity index (χ3n) is 4.28. The van der Waals surface area contributed by atoms with Gasteiger partial charge in [0.25, 0.3) is 5.56 Å². The van der Waals surface area contributed by atoms with Crippen LogP contribution in [0.2, 0.25) is 0 Å². The SMILES string of the molecule is CCN(c1nc[nH]c(=O)c1I)C1CC2CCC(C1)N2. The lowest BCUT2D eigenvalue weighted by Crippen LogP contribution is -2.49. The molecule has 104 valence electrons. The third-order valence-corrected chi connectivity index (χ3v) is 5.25. The maximum Gasteiger partial charge on any atom is 0.266 e. The number of fused-ring (bicyclic) bond motifs is 2. The fraction of sp³-hybridized carbons (Fsp3) is 0.692. The number of H-pyrrole nitrogens is 1. The molecule has 3 heterocycles. The van der Waals surface area contributed by atoms with E-state index >= 15 is 0 Å². The molecule has 0 radical (unpaired) electrons. The first kappa shape index (κ1) is 13.4. The molecule has 0 aliphatic carbocycles. The van der Waals surface area contributed by atoms with Crippen LogP contribution in [0.1, 0.15) is 32.6 Å². The first-order chi connectivity index (χ1) is 9.19. The van der Waals surface area contributed by atoms with Gasteiger partial charge in [0.05, 0.1) is 6.33 Å². The Hall–Kier alpha value is -0.630. The lowest BCUT2D eigenvalue weighted by atomic mass is 9.98. The van der Waals surface area contributed by atoms with Gasteiger partial charge in [0.2, 0.25) is 0 Å². The highest BCUT2D eigenvalue weighted by molar-refractivity contribution is 14.1. The quantitative estimate of drug-likeness (QED) is 0.788. The Bertz CT molecular complexity index is 506. The van der Waals surface area contributed by atoms with E-state index in [1.807, 2.05) is 0 Å². The lowest BCUT2D eigenvalue weighted by Gasteiger charge is -2.38. The molecule has 2 fully saturated rings. The van der Waals surface area contributed by atoms with E-state index in [0.717, 1.165) is 25.2 Å². The van der Waals surface area contributed by atoms with Gasteiger partial charge in [0.1, 0.15) is 9.39 Å². The monoisotopic (exact) mass is 374 g/mol. The zero-order valence-electron chi connectivity index (χ0n) is 11.0. The van der Waals surface area contributed by atoms with E-state index in [4.69, 9.17) is 0 Å². The van der Waals surface area contributed by atoms with Gasteiger partial charge in [0.15, 0.2) is 0 Å². The van der Waals surface area contributed by atoms with E-state index in [9.17, 15) is 4.79 Å². The van der Waals surface area contributed by atoms with Crippen LogP contribution in [0.25, 0.3) is 0 Å². The van der Waals surface area contributed by atoms with Crippen LogP contribution in [0.5, 0.6) is 0 Å². The number of hydrogen-bond acceptors (Lipinski definition) is 4. The molecule has 0 saturated carbocycles. The van der Waals surface area contributed by atoms with Gasteiger partial charge in [-0.3, -0.25) is 4.79 Å². The highest BCUT2D eigenvalue weighted by Gasteiger charge is 2.36. The Kier molecular flexibility index (Phi) is 3.79. The van der Waals surface area contributed by atoms with E-state index in [1.165, 1.54) is 19.2 Å². The summed E-state index contributed by atoms with van der Waals surface area (Å²) in [5, 5.41) is 3.66. The van der Waals surface area contributed by atoms with Gasteiger partial charge in [-0.25, -0.2) is 4.98 Å². The molecule has 19 heavy (non-hydrogen) atoms. The van der Waals surface area contributed by atoms with Crippen molar-refractivity contribution in [2.75, 3.05) is 11.4 Å². The number of aromatic amines is 1. The Morgan fingerprint density at radius 2 is 2.11 bits per heavy atom. The molecule has 0 aromatic carbocycles. The summed E-state index contributed by atoms with van der Waals surface area (Å²) < 4.78 is 0.702. The van der Waals surface area contributed by atoms with E-state index in [2.05, 4.69) is 49.7 Å². The van der Waals surface area contributed by atoms with Gasteiger partial charge in [-0.1, -0.05) is 0 Å². The van der Waals surface area contributed by atoms with E-state index in [1.54, 1.807) is 0 Å². The summed E-state index contributed by atoms with van der Waals surface area (Å²) in [4.78, 5) is 21.1. The highest BCUT2D eigenvalue weighted by atomic mass is 127. The summed E-state index contributed by atoms with van der Waals surface area (Å²) >= 11 is 2.10. The second kappa shape index (κ2) is 5.40. The number of rotatable bonds is 3. The molecule has 2 atom stereocenters. The first-order valence-electron chi connectivity index (χ1n) is 6.95. The van der Waals surface area contributed by atoms with Crippen molar-refractivity contribution in [3.05, 3.63) is 20.3 Å². The maximum atomic E-state index is 11.7. The molecule has 3 rings (SSSR count). The fourth-order valence-corrected chi connectivity index (χ4v) is 4.04. The molecule has 1 aromatic heterocycles. The molecule has 2 bridgehead atoms. The van der Waals surface area contributed by atoms with Gasteiger partial charge >= 0.3 is 0 Å². The minimum absolute atomic E-state index is 0.0408. The van der Waals surface area contributed by atoms with Crippen molar-refractivity contribution in [1.29, 1.82) is 0 Å². The van der Waals surface area contributed by atoms with Crippen LogP contribution in [-0.2, 0) is 0 Å². The van der Waals surface area contributed by atoms with Crippen molar-refractivity contribution in [3.63, 3.8) is 0 Å². The minimum atomic E-state index is -0.0408. The number of nitrogens with one attached hydrogen (secondary N) is 2. The lowest BCUT2D eigenvalue weighted by molar-refractivity contribution is 0.347. The summed E-state index contributed by atoms with van der Waals surface area (Å²) in [7, 11) is 0. The average molecular weight is 374 g/mol. The van der Waals surface area contributed by atoms with Crippen molar-refractivity contribution < 1.29 is 0 Å². The predicted octanol–water partition coefficient (Wildman–Crippen LogP) is 1.48. The molecule has 2 unspecified atom stereocenters. The van der Waals surface area contributed by atoms with Crippen molar-refractivity contribution in [2.45, 2.75) is 50.7 Å². The Morgan fingerprint density at radius 3 is 2.74 bits per heavy atom. The van der Waals surface area contributed by atoms with Gasteiger partial charge < -0.3 is 15.2 Å². The summed E-state index contributed by atoms with van der Waals surface area (Å²) in [6, 6.07) is 1.81. The van der Waals surface area contributed by atoms with Crippen LogP contribution in [0.4, 0.5) is 5.82 Å². The summed E-state index contributed by atoms with van der Waals surface area (Å²) in [6.45, 7) is 3.04. The van der Waals surface area contributed by atoms with Gasteiger partial charge in [0, 0.05) is 24.7 Å². The number of aromatic nitrogens is 2. The normalized spacial score (nSPS) is 29.5. The molecule has 0 spiro atoms. The zero-order valence-corrected chi connectivity index (χ0v) is 13.2. The molecule has 2 aliphatic rings. The Balaban J connectivity index is 1.88. The number of halogens is 1. The van der Waals surface area contributed by atoms with E-state index in [-0.39, 0.29) is 5.56 Å². The largest absolute Gasteiger partial charge is 0.353 e. The van der Waals surface area contributed by atoms with Gasteiger partial charge in [-0.2, -0.15) is 0 Å². The van der Waals surface area contributed by atoms with Crippen LogP contribution >= 0.6 is 22.6 Å². The highest BCUT2D eigenvalue weighted by Crippen LogP contribution is 2.32. The molecule has 5 nitrogen and oxygen atoms in total. The molecule has 6 heteroatoms. The average Bonchev–Trinajstić information content (AvgIpc) is 2.74. The van der Waals surface area contributed by atoms with Crippen molar-refractivity contribution in [3.8, 4) is 0 Å². The van der Waals surface area contributed by atoms with Crippen LogP contribution in [0, 0.1) is 3.57 Å². The molecule has 2 saturated heterocycles. The topological polar surface area (TPSA) is 61.0 Å². The number of anilines is 1. The van der Waals surface area contributed by atoms with Gasteiger partial charge in [-0.05, 0) is 55.2 Å². The number of hydrogen-bond donors (Lipinski definition) is 2. The van der Waals surface area contributed by atoms with Crippen LogP contribution in [-0.4, -0.2) is 34.6 Å². The zero-order chi connectivity index (χ0) is 13.4. The van der Waals surface area contributed by atoms with E-state index in [0.29, 0.717) is 21.7 Å². The molecule has 2 aliphatic heterocycles. The summed E-state index contributed by atoms with van der Waals surface area (Å²) in [5.41, 5.74) is -0.0408. The molecule has 2 N–H and O–H groups in total. The second-order valence-electron chi connectivity index (χ2n) is 5.42.